The molecule has 0 unspecified atom stereocenters. The first-order valence-corrected chi connectivity index (χ1v) is 25.2. The van der Waals surface area contributed by atoms with Crippen LogP contribution in [-0.2, 0) is 60.7 Å². The van der Waals surface area contributed by atoms with Gasteiger partial charge in [0, 0.05) is 25.9 Å². The summed E-state index contributed by atoms with van der Waals surface area (Å²) in [5.74, 6) is -4.82. The van der Waals surface area contributed by atoms with Crippen molar-refractivity contribution in [3.8, 4) is 5.75 Å². The predicted octanol–water partition coefficient (Wildman–Crippen LogP) is 4.34. The van der Waals surface area contributed by atoms with Crippen molar-refractivity contribution in [2.24, 2.45) is 22.4 Å². The molecule has 2 aromatic rings. The lowest BCUT2D eigenvalue weighted by molar-refractivity contribution is -0.155. The number of esters is 2. The van der Waals surface area contributed by atoms with Crippen LogP contribution in [0.1, 0.15) is 132 Å². The van der Waals surface area contributed by atoms with E-state index in [1.165, 1.54) is 7.11 Å². The Labute approximate surface area is 441 Å². The smallest absolute Gasteiger partial charge is 0.408 e. The molecule has 0 saturated heterocycles. The van der Waals surface area contributed by atoms with Crippen LogP contribution in [0.3, 0.4) is 0 Å². The molecule has 2 rings (SSSR count). The van der Waals surface area contributed by atoms with Gasteiger partial charge in [-0.2, -0.15) is 0 Å². The number of ether oxygens (including phenoxy) is 5. The Kier molecular flexibility index (Phi) is 26.4. The highest BCUT2D eigenvalue weighted by Gasteiger charge is 2.35. The molecule has 75 heavy (non-hydrogen) atoms. The molecular formula is C53H83N9O13. The van der Waals surface area contributed by atoms with Gasteiger partial charge in [-0.25, -0.2) is 14.4 Å². The lowest BCUT2D eigenvalue weighted by atomic mass is 10.00. The molecule has 0 heterocycles. The number of hydrogen-bond acceptors (Lipinski definition) is 14. The summed E-state index contributed by atoms with van der Waals surface area (Å²) in [6.45, 7) is 19.4. The molecule has 10 N–H and O–H groups in total. The van der Waals surface area contributed by atoms with E-state index in [-0.39, 0.29) is 64.2 Å². The molecule has 0 aliphatic rings. The maximum absolute atomic E-state index is 14.4. The van der Waals surface area contributed by atoms with Crippen LogP contribution >= 0.6 is 0 Å². The second-order valence-electron chi connectivity index (χ2n) is 21.3. The van der Waals surface area contributed by atoms with E-state index in [2.05, 4.69) is 36.9 Å². The van der Waals surface area contributed by atoms with Gasteiger partial charge in [-0.05, 0) is 130 Å². The summed E-state index contributed by atoms with van der Waals surface area (Å²) in [4.78, 5) is 112. The lowest BCUT2D eigenvalue weighted by Crippen LogP contribution is -2.60. The molecule has 22 heteroatoms. The summed E-state index contributed by atoms with van der Waals surface area (Å²) >= 11 is 0. The molecule has 22 nitrogen and oxygen atoms in total. The monoisotopic (exact) mass is 1050 g/mol. The zero-order valence-electron chi connectivity index (χ0n) is 45.8. The Morgan fingerprint density at radius 2 is 1.13 bits per heavy atom. The van der Waals surface area contributed by atoms with Gasteiger partial charge in [0.15, 0.2) is 5.96 Å². The number of rotatable bonds is 28. The van der Waals surface area contributed by atoms with Gasteiger partial charge in [0.2, 0.25) is 23.6 Å². The maximum Gasteiger partial charge on any atom is 0.408 e. The van der Waals surface area contributed by atoms with Crippen molar-refractivity contribution in [3.05, 3.63) is 65.7 Å². The van der Waals surface area contributed by atoms with Crippen LogP contribution in [0.5, 0.6) is 5.75 Å². The average molecular weight is 1050 g/mol. The molecule has 5 atom stereocenters. The number of guanidine groups is 1. The van der Waals surface area contributed by atoms with E-state index in [0.29, 0.717) is 29.7 Å². The summed E-state index contributed by atoms with van der Waals surface area (Å²) in [5, 5.41) is 16.0. The number of aliphatic imine (C=N–C) groups is 1. The fraction of sp³-hybridized carbons (Fsp3) is 0.604. The first-order chi connectivity index (χ1) is 34.9. The third-order valence-corrected chi connectivity index (χ3v) is 10.5. The Morgan fingerprint density at radius 1 is 0.587 bits per heavy atom. The molecular weight excluding hydrogens is 971 g/mol. The van der Waals surface area contributed by atoms with Crippen LogP contribution in [0, 0.1) is 5.92 Å². The Morgan fingerprint density at radius 3 is 1.68 bits per heavy atom. The van der Waals surface area contributed by atoms with E-state index < -0.39 is 101 Å². The first kappa shape index (κ1) is 64.0. The number of alkyl carbamates (subject to hydrolysis) is 2. The molecule has 0 fully saturated rings. The molecule has 418 valence electrons. The standard InChI is InChI=1S/C53H83N9O13/c1-33(2)42(46(67)60-40(47(68)71-12)31-34-23-25-36(26-24-34)73-51(3,4)5)62-45(66)39(27-28-41(63)74-52(6,7)8)59-43(64)37(22-18-30-56-48(54)55)58-44(65)38(21-16-17-29-57-49(69)75-53(9,10)11)61-50(70)72-32-35-19-14-13-15-20-35/h13-15,19-20,23-26,33,37-40,42H,16-18,21-22,27-32H2,1-12H3,(H,57,69)(H,58,65)(H,59,64)(H,60,67)(H,61,70)(H,62,66)(H4,54,55,56)/t37-,38-,39-,40-,42-/m0/s1. The summed E-state index contributed by atoms with van der Waals surface area (Å²) < 4.78 is 27.1. The zero-order valence-corrected chi connectivity index (χ0v) is 45.8. The number of methoxy groups -OCH3 is 1. The van der Waals surface area contributed by atoms with Crippen LogP contribution in [-0.4, -0.2) is 121 Å². The van der Waals surface area contributed by atoms with Gasteiger partial charge in [0.05, 0.1) is 7.11 Å². The topological polar surface area (TPSA) is 319 Å². The van der Waals surface area contributed by atoms with Crippen LogP contribution in [0.25, 0.3) is 0 Å². The number of benzene rings is 2. The van der Waals surface area contributed by atoms with Gasteiger partial charge in [0.25, 0.3) is 0 Å². The van der Waals surface area contributed by atoms with Crippen molar-refractivity contribution in [1.29, 1.82) is 0 Å². The second kappa shape index (κ2) is 30.9. The van der Waals surface area contributed by atoms with E-state index in [1.807, 2.05) is 20.8 Å². The summed E-state index contributed by atoms with van der Waals surface area (Å²) in [6.07, 6.45) is -1.34. The number of carbonyl (C=O) groups is 8. The predicted molar refractivity (Wildman–Crippen MR) is 282 cm³/mol. The van der Waals surface area contributed by atoms with Gasteiger partial charge in [-0.3, -0.25) is 29.0 Å². The number of carbonyl (C=O) groups excluding carboxylic acids is 8. The van der Waals surface area contributed by atoms with Crippen molar-refractivity contribution in [1.82, 2.24) is 31.9 Å². The van der Waals surface area contributed by atoms with Crippen molar-refractivity contribution in [3.63, 3.8) is 0 Å². The van der Waals surface area contributed by atoms with Crippen LogP contribution in [0.2, 0.25) is 0 Å². The van der Waals surface area contributed by atoms with E-state index in [9.17, 15) is 38.4 Å². The number of unbranched alkanes of at least 4 members (excludes halogenated alkanes) is 1. The number of hydrogen-bond donors (Lipinski definition) is 8. The molecule has 6 amide bonds. The van der Waals surface area contributed by atoms with E-state index >= 15 is 0 Å². The van der Waals surface area contributed by atoms with Gasteiger partial charge < -0.3 is 67.1 Å². The normalized spacial score (nSPS) is 13.5. The number of nitrogens with one attached hydrogen (secondary N) is 6. The highest BCUT2D eigenvalue weighted by Crippen LogP contribution is 2.20. The van der Waals surface area contributed by atoms with Crippen molar-refractivity contribution < 1.29 is 62.0 Å². The number of nitrogens with two attached hydrogens (primary N) is 2. The third-order valence-electron chi connectivity index (χ3n) is 10.5. The maximum atomic E-state index is 14.4. The minimum atomic E-state index is -1.49. The fourth-order valence-electron chi connectivity index (χ4n) is 7.06. The Bertz CT molecular complexity index is 2200. The second-order valence-corrected chi connectivity index (χ2v) is 21.3. The Balaban J connectivity index is 2.45. The molecule has 0 aliphatic heterocycles. The van der Waals surface area contributed by atoms with Crippen molar-refractivity contribution in [2.75, 3.05) is 20.2 Å². The molecule has 0 spiro atoms. The summed E-state index contributed by atoms with van der Waals surface area (Å²) in [7, 11) is 1.19. The summed E-state index contributed by atoms with van der Waals surface area (Å²) in [5.41, 5.74) is 10.4. The average Bonchev–Trinajstić information content (AvgIpc) is 3.30. The van der Waals surface area contributed by atoms with Crippen molar-refractivity contribution >= 4 is 53.7 Å². The van der Waals surface area contributed by atoms with E-state index in [4.69, 9.17) is 35.2 Å². The molecule has 2 aromatic carbocycles. The van der Waals surface area contributed by atoms with E-state index in [0.717, 1.165) is 0 Å². The molecule has 0 aliphatic carbocycles. The largest absolute Gasteiger partial charge is 0.488 e. The van der Waals surface area contributed by atoms with Crippen LogP contribution in [0.15, 0.2) is 59.6 Å². The minimum Gasteiger partial charge on any atom is -0.488 e. The SMILES string of the molecule is COC(=O)[C@H](Cc1ccc(OC(C)(C)C)cc1)NC(=O)[C@@H](NC(=O)[C@H](CCC(=O)OC(C)(C)C)NC(=O)[C@H](CCCN=C(N)N)NC(=O)[C@H](CCCCNC(=O)OC(C)(C)C)NC(=O)OCc1ccccc1)C(C)C. The van der Waals surface area contributed by atoms with Gasteiger partial charge in [-0.15, -0.1) is 0 Å². The Hall–Kier alpha value is -7.13. The van der Waals surface area contributed by atoms with Crippen molar-refractivity contribution in [2.45, 2.75) is 181 Å². The number of nitrogens with zero attached hydrogens (tertiary/aromatic N) is 1. The molecule has 0 saturated carbocycles. The molecule has 0 bridgehead atoms. The van der Waals surface area contributed by atoms with Crippen LogP contribution in [0.4, 0.5) is 9.59 Å². The number of amides is 6. The quantitative estimate of drug-likeness (QED) is 0.0193. The van der Waals surface area contributed by atoms with Gasteiger partial charge >= 0.3 is 24.1 Å². The van der Waals surface area contributed by atoms with Gasteiger partial charge in [-0.1, -0.05) is 56.3 Å². The summed E-state index contributed by atoms with van der Waals surface area (Å²) in [6, 6.07) is 9.32. The first-order valence-electron chi connectivity index (χ1n) is 25.2. The molecule has 0 aromatic heterocycles. The van der Waals surface area contributed by atoms with Gasteiger partial charge in [0.1, 0.15) is 59.4 Å². The third kappa shape index (κ3) is 27.7. The van der Waals surface area contributed by atoms with E-state index in [1.54, 1.807) is 110 Å². The molecule has 0 radical (unpaired) electrons. The fourth-order valence-corrected chi connectivity index (χ4v) is 7.06. The minimum absolute atomic E-state index is 0.0361. The highest BCUT2D eigenvalue weighted by molar-refractivity contribution is 5.96. The lowest BCUT2D eigenvalue weighted by Gasteiger charge is -2.28. The van der Waals surface area contributed by atoms with Crippen LogP contribution < -0.4 is 48.1 Å². The zero-order chi connectivity index (χ0) is 56.5. The highest BCUT2D eigenvalue weighted by atomic mass is 16.6.